The second-order valence-corrected chi connectivity index (χ2v) is 6.95. The summed E-state index contributed by atoms with van der Waals surface area (Å²) in [5, 5.41) is 0. The molecule has 1 fully saturated rings. The summed E-state index contributed by atoms with van der Waals surface area (Å²) in [7, 11) is -3.39. The molecule has 0 spiro atoms. The Bertz CT molecular complexity index is 522. The highest BCUT2D eigenvalue weighted by Crippen LogP contribution is 2.30. The van der Waals surface area contributed by atoms with Crippen LogP contribution in [-0.4, -0.2) is 27.6 Å². The highest BCUT2D eigenvalue weighted by molar-refractivity contribution is 7.89. The Morgan fingerprint density at radius 1 is 1.30 bits per heavy atom. The molecule has 2 rings (SSSR count). The first kappa shape index (κ1) is 15.3. The third kappa shape index (κ3) is 3.71. The molecular weight excluding hydrogens is 276 g/mol. The average molecular weight is 298 g/mol. The van der Waals surface area contributed by atoms with E-state index in [9.17, 15) is 8.42 Å². The van der Waals surface area contributed by atoms with Crippen molar-refractivity contribution in [3.8, 4) is 5.75 Å². The van der Waals surface area contributed by atoms with Crippen molar-refractivity contribution in [2.75, 3.05) is 13.1 Å². The number of rotatable bonds is 7. The summed E-state index contributed by atoms with van der Waals surface area (Å²) in [6.07, 6.45) is 2.94. The first-order chi connectivity index (χ1) is 9.55. The van der Waals surface area contributed by atoms with Crippen molar-refractivity contribution in [2.45, 2.75) is 37.2 Å². The fourth-order valence-electron chi connectivity index (χ4n) is 2.17. The van der Waals surface area contributed by atoms with E-state index in [1.54, 1.807) is 24.3 Å². The quantitative estimate of drug-likeness (QED) is 0.799. The topological polar surface area (TPSA) is 81.4 Å². The van der Waals surface area contributed by atoms with E-state index in [1.165, 1.54) is 0 Å². The maximum Gasteiger partial charge on any atom is 0.240 e. The van der Waals surface area contributed by atoms with Crippen molar-refractivity contribution in [3.05, 3.63) is 24.3 Å². The van der Waals surface area contributed by atoms with Crippen LogP contribution < -0.4 is 15.2 Å². The van der Waals surface area contributed by atoms with Gasteiger partial charge >= 0.3 is 0 Å². The standard InChI is InChI=1S/C14H22N2O3S/c1-2-7-16-20(17,18)14-5-3-12(4-6-14)19-13-8-11(9-13)10-15/h3-6,11,13,16H,2,7-10,15H2,1H3. The molecule has 1 aliphatic rings. The van der Waals surface area contributed by atoms with Crippen molar-refractivity contribution in [1.29, 1.82) is 0 Å². The van der Waals surface area contributed by atoms with E-state index < -0.39 is 10.0 Å². The Kier molecular flexibility index (Phi) is 5.01. The molecule has 0 heterocycles. The van der Waals surface area contributed by atoms with E-state index in [0.717, 1.165) is 19.3 Å². The number of sulfonamides is 1. The van der Waals surface area contributed by atoms with E-state index >= 15 is 0 Å². The van der Waals surface area contributed by atoms with Gasteiger partial charge in [-0.2, -0.15) is 0 Å². The Balaban J connectivity index is 1.93. The van der Waals surface area contributed by atoms with Crippen LogP contribution in [0.1, 0.15) is 26.2 Å². The summed E-state index contributed by atoms with van der Waals surface area (Å²) >= 11 is 0. The van der Waals surface area contributed by atoms with E-state index in [0.29, 0.717) is 24.8 Å². The van der Waals surface area contributed by atoms with Crippen LogP contribution in [0.5, 0.6) is 5.75 Å². The Labute approximate surface area is 120 Å². The van der Waals surface area contributed by atoms with Gasteiger partial charge in [0.25, 0.3) is 0 Å². The molecule has 0 unspecified atom stereocenters. The lowest BCUT2D eigenvalue weighted by Gasteiger charge is -2.34. The van der Waals surface area contributed by atoms with Crippen LogP contribution in [-0.2, 0) is 10.0 Å². The van der Waals surface area contributed by atoms with E-state index in [1.807, 2.05) is 6.92 Å². The van der Waals surface area contributed by atoms with Gasteiger partial charge in [0.15, 0.2) is 0 Å². The number of ether oxygens (including phenoxy) is 1. The zero-order chi connectivity index (χ0) is 14.6. The van der Waals surface area contributed by atoms with Gasteiger partial charge in [0.2, 0.25) is 10.0 Å². The van der Waals surface area contributed by atoms with Crippen LogP contribution >= 0.6 is 0 Å². The number of benzene rings is 1. The molecule has 0 amide bonds. The molecule has 112 valence electrons. The maximum atomic E-state index is 11.9. The summed E-state index contributed by atoms with van der Waals surface area (Å²) in [4.78, 5) is 0.270. The first-order valence-corrected chi connectivity index (χ1v) is 8.50. The van der Waals surface area contributed by atoms with Gasteiger partial charge in [0.1, 0.15) is 5.75 Å². The van der Waals surface area contributed by atoms with Crippen LogP contribution in [0.25, 0.3) is 0 Å². The van der Waals surface area contributed by atoms with E-state index in [2.05, 4.69) is 4.72 Å². The molecule has 20 heavy (non-hydrogen) atoms. The predicted octanol–water partition coefficient (Wildman–Crippen LogP) is 1.49. The van der Waals surface area contributed by atoms with Crippen LogP contribution in [0.2, 0.25) is 0 Å². The van der Waals surface area contributed by atoms with Gasteiger partial charge in [0.05, 0.1) is 11.0 Å². The van der Waals surface area contributed by atoms with Gasteiger partial charge in [-0.25, -0.2) is 13.1 Å². The second kappa shape index (κ2) is 6.56. The van der Waals surface area contributed by atoms with Crippen molar-refractivity contribution >= 4 is 10.0 Å². The normalized spacial score (nSPS) is 22.3. The summed E-state index contributed by atoms with van der Waals surface area (Å²) in [6, 6.07) is 6.56. The van der Waals surface area contributed by atoms with Crippen molar-refractivity contribution in [3.63, 3.8) is 0 Å². The number of hydrogen-bond acceptors (Lipinski definition) is 4. The van der Waals surface area contributed by atoms with Crippen LogP contribution in [0.3, 0.4) is 0 Å². The van der Waals surface area contributed by atoms with E-state index in [-0.39, 0.29) is 11.0 Å². The van der Waals surface area contributed by atoms with Gasteiger partial charge in [-0.05, 0) is 56.0 Å². The van der Waals surface area contributed by atoms with Gasteiger partial charge in [-0.1, -0.05) is 6.92 Å². The zero-order valence-corrected chi connectivity index (χ0v) is 12.5. The molecule has 1 aliphatic carbocycles. The minimum atomic E-state index is -3.39. The van der Waals surface area contributed by atoms with E-state index in [4.69, 9.17) is 10.5 Å². The molecule has 0 saturated heterocycles. The van der Waals surface area contributed by atoms with Crippen molar-refractivity contribution < 1.29 is 13.2 Å². The van der Waals surface area contributed by atoms with Gasteiger partial charge in [0, 0.05) is 6.54 Å². The Morgan fingerprint density at radius 2 is 1.95 bits per heavy atom. The summed E-state index contributed by atoms with van der Waals surface area (Å²) in [6.45, 7) is 3.08. The molecule has 0 bridgehead atoms. The molecule has 0 radical (unpaired) electrons. The predicted molar refractivity (Wildman–Crippen MR) is 78.1 cm³/mol. The molecule has 0 aliphatic heterocycles. The van der Waals surface area contributed by atoms with Crippen LogP contribution in [0.4, 0.5) is 0 Å². The molecular formula is C14H22N2O3S. The highest BCUT2D eigenvalue weighted by atomic mass is 32.2. The summed E-state index contributed by atoms with van der Waals surface area (Å²) in [5.74, 6) is 1.28. The highest BCUT2D eigenvalue weighted by Gasteiger charge is 2.29. The fraction of sp³-hybridized carbons (Fsp3) is 0.571. The van der Waals surface area contributed by atoms with Crippen molar-refractivity contribution in [1.82, 2.24) is 4.72 Å². The summed E-state index contributed by atoms with van der Waals surface area (Å²) in [5.41, 5.74) is 5.57. The molecule has 5 nitrogen and oxygen atoms in total. The Hall–Kier alpha value is -1.11. The fourth-order valence-corrected chi connectivity index (χ4v) is 3.31. The second-order valence-electron chi connectivity index (χ2n) is 5.18. The minimum Gasteiger partial charge on any atom is -0.490 e. The molecule has 0 atom stereocenters. The monoisotopic (exact) mass is 298 g/mol. The third-order valence-corrected chi connectivity index (χ3v) is 4.98. The number of nitrogens with one attached hydrogen (secondary N) is 1. The molecule has 1 aromatic carbocycles. The summed E-state index contributed by atoms with van der Waals surface area (Å²) < 4.78 is 32.1. The van der Waals surface area contributed by atoms with Gasteiger partial charge in [-0.15, -0.1) is 0 Å². The molecule has 1 saturated carbocycles. The lowest BCUT2D eigenvalue weighted by molar-refractivity contribution is 0.0690. The van der Waals surface area contributed by atoms with Crippen LogP contribution in [0, 0.1) is 5.92 Å². The SMILES string of the molecule is CCCNS(=O)(=O)c1ccc(OC2CC(CN)C2)cc1. The lowest BCUT2D eigenvalue weighted by atomic mass is 9.82. The lowest BCUT2D eigenvalue weighted by Crippen LogP contribution is -2.37. The largest absolute Gasteiger partial charge is 0.490 e. The number of hydrogen-bond donors (Lipinski definition) is 2. The van der Waals surface area contributed by atoms with Gasteiger partial charge in [-0.3, -0.25) is 0 Å². The molecule has 0 aromatic heterocycles. The first-order valence-electron chi connectivity index (χ1n) is 7.01. The molecule has 6 heteroatoms. The average Bonchev–Trinajstić information content (AvgIpc) is 2.40. The van der Waals surface area contributed by atoms with Crippen LogP contribution in [0.15, 0.2) is 29.2 Å². The van der Waals surface area contributed by atoms with Gasteiger partial charge < -0.3 is 10.5 Å². The zero-order valence-electron chi connectivity index (χ0n) is 11.7. The minimum absolute atomic E-state index is 0.212. The van der Waals surface area contributed by atoms with Crippen molar-refractivity contribution in [2.24, 2.45) is 11.7 Å². The molecule has 3 N–H and O–H groups in total. The number of nitrogens with two attached hydrogens (primary N) is 1. The molecule has 1 aromatic rings. The Morgan fingerprint density at radius 3 is 2.50 bits per heavy atom. The third-order valence-electron chi connectivity index (χ3n) is 3.50. The maximum absolute atomic E-state index is 11.9. The smallest absolute Gasteiger partial charge is 0.240 e.